The summed E-state index contributed by atoms with van der Waals surface area (Å²) in [7, 11) is 0. The summed E-state index contributed by atoms with van der Waals surface area (Å²) in [5, 5.41) is 8.58. The second-order valence-corrected chi connectivity index (χ2v) is 10.5. The van der Waals surface area contributed by atoms with Crippen molar-refractivity contribution in [2.45, 2.75) is 43.6 Å². The van der Waals surface area contributed by atoms with Crippen LogP contribution in [0.5, 0.6) is 0 Å². The molecule has 1 aliphatic heterocycles. The molecule has 2 heterocycles. The first-order valence-corrected chi connectivity index (χ1v) is 10.9. The Hall–Kier alpha value is -0.600. The van der Waals surface area contributed by atoms with Gasteiger partial charge >= 0.3 is 0 Å². The van der Waals surface area contributed by atoms with Gasteiger partial charge in [-0.25, -0.2) is 0 Å². The fourth-order valence-electron chi connectivity index (χ4n) is 3.41. The van der Waals surface area contributed by atoms with Crippen LogP contribution in [0.3, 0.4) is 0 Å². The number of ether oxygens (including phenoxy) is 2. The molecule has 0 saturated carbocycles. The Bertz CT molecular complexity index is 759. The molecule has 0 amide bonds. The zero-order valence-electron chi connectivity index (χ0n) is 15.2. The van der Waals surface area contributed by atoms with E-state index in [9.17, 15) is 4.55 Å². The minimum absolute atomic E-state index is 0.297. The van der Waals surface area contributed by atoms with Crippen LogP contribution in [0.1, 0.15) is 49.5 Å². The van der Waals surface area contributed by atoms with Crippen molar-refractivity contribution < 1.29 is 14.0 Å². The van der Waals surface area contributed by atoms with Gasteiger partial charge in [0.1, 0.15) is 4.75 Å². The van der Waals surface area contributed by atoms with Crippen LogP contribution in [0.25, 0.3) is 0 Å². The van der Waals surface area contributed by atoms with Crippen molar-refractivity contribution in [3.8, 4) is 0 Å². The van der Waals surface area contributed by atoms with Gasteiger partial charge in [0.05, 0.1) is 18.1 Å². The van der Waals surface area contributed by atoms with Gasteiger partial charge in [0.25, 0.3) is 0 Å². The lowest BCUT2D eigenvalue weighted by molar-refractivity contribution is -0.0413. The molecule has 2 unspecified atom stereocenters. The van der Waals surface area contributed by atoms with Crippen molar-refractivity contribution in [1.82, 2.24) is 0 Å². The van der Waals surface area contributed by atoms with E-state index in [4.69, 9.17) is 26.2 Å². The zero-order chi connectivity index (χ0) is 18.9. The Morgan fingerprint density at radius 1 is 1.23 bits per heavy atom. The second kappa shape index (κ2) is 7.80. The van der Waals surface area contributed by atoms with Crippen LogP contribution in [0.4, 0.5) is 0 Å². The number of nitrogens with two attached hydrogens (primary N) is 1. The molecule has 3 rings (SSSR count). The first-order chi connectivity index (χ1) is 12.2. The van der Waals surface area contributed by atoms with E-state index in [1.54, 1.807) is 11.3 Å². The van der Waals surface area contributed by atoms with Gasteiger partial charge in [-0.05, 0) is 48.6 Å². The van der Waals surface area contributed by atoms with Crippen LogP contribution in [-0.4, -0.2) is 22.5 Å². The summed E-state index contributed by atoms with van der Waals surface area (Å²) >= 11 is 6.43. The SMILES string of the molecule is CC(CC(C)(C)[S+](N)[O-])(c1cccc(Cl)c1)c1csc(C2OCCO2)c1. The minimum Gasteiger partial charge on any atom is -0.598 e. The van der Waals surface area contributed by atoms with Crippen molar-refractivity contribution in [3.05, 3.63) is 56.7 Å². The Labute approximate surface area is 167 Å². The molecule has 2 N–H and O–H groups in total. The number of hydrogen-bond acceptors (Lipinski definition) is 5. The second-order valence-electron chi connectivity index (χ2n) is 7.39. The monoisotopic (exact) mass is 413 g/mol. The molecule has 1 aromatic carbocycles. The standard InChI is InChI=1S/C19H24ClNO3S2/c1-18(2,26(21)22)12-19(3,13-5-4-6-15(20)9-13)14-10-16(25-11-14)17-23-7-8-24-17/h4-6,9-11,17H,7-8,12,21H2,1-3H3. The predicted molar refractivity (Wildman–Crippen MR) is 108 cm³/mol. The summed E-state index contributed by atoms with van der Waals surface area (Å²) in [6.45, 7) is 7.24. The van der Waals surface area contributed by atoms with E-state index in [1.807, 2.05) is 32.0 Å². The summed E-state index contributed by atoms with van der Waals surface area (Å²) in [4.78, 5) is 1.04. The van der Waals surface area contributed by atoms with Gasteiger partial charge in [0, 0.05) is 28.2 Å². The molecule has 1 saturated heterocycles. The van der Waals surface area contributed by atoms with E-state index in [2.05, 4.69) is 24.4 Å². The average molecular weight is 414 g/mol. The lowest BCUT2D eigenvalue weighted by atomic mass is 9.71. The maximum atomic E-state index is 12.1. The van der Waals surface area contributed by atoms with Crippen molar-refractivity contribution in [2.75, 3.05) is 13.2 Å². The molecule has 1 fully saturated rings. The molecule has 1 aliphatic rings. The molecular formula is C19H24ClNO3S2. The van der Waals surface area contributed by atoms with Crippen molar-refractivity contribution in [2.24, 2.45) is 5.14 Å². The number of thiophene rings is 1. The summed E-state index contributed by atoms with van der Waals surface area (Å²) in [6, 6.07) is 9.95. The third-order valence-corrected chi connectivity index (χ3v) is 7.32. The Morgan fingerprint density at radius 2 is 1.92 bits per heavy atom. The van der Waals surface area contributed by atoms with E-state index in [0.29, 0.717) is 24.7 Å². The van der Waals surface area contributed by atoms with Crippen LogP contribution in [0, 0.1) is 0 Å². The molecule has 2 atom stereocenters. The summed E-state index contributed by atoms with van der Waals surface area (Å²) in [5.41, 5.74) is 1.80. The largest absolute Gasteiger partial charge is 0.598 e. The van der Waals surface area contributed by atoms with Crippen molar-refractivity contribution in [1.29, 1.82) is 0 Å². The number of benzene rings is 1. The molecule has 1 aromatic heterocycles. The molecular weight excluding hydrogens is 390 g/mol. The summed E-state index contributed by atoms with van der Waals surface area (Å²) < 4.78 is 22.8. The van der Waals surface area contributed by atoms with Gasteiger partial charge in [-0.2, -0.15) is 5.14 Å². The van der Waals surface area contributed by atoms with Gasteiger partial charge in [-0.1, -0.05) is 30.7 Å². The first-order valence-electron chi connectivity index (χ1n) is 8.47. The maximum Gasteiger partial charge on any atom is 0.193 e. The minimum atomic E-state index is -1.45. The van der Waals surface area contributed by atoms with E-state index in [-0.39, 0.29) is 6.29 Å². The quantitative estimate of drug-likeness (QED) is 0.705. The lowest BCUT2D eigenvalue weighted by Gasteiger charge is -2.37. The highest BCUT2D eigenvalue weighted by atomic mass is 35.5. The van der Waals surface area contributed by atoms with Gasteiger partial charge in [-0.3, -0.25) is 0 Å². The summed E-state index contributed by atoms with van der Waals surface area (Å²) in [5.74, 6) is 0. The molecule has 26 heavy (non-hydrogen) atoms. The highest BCUT2D eigenvalue weighted by Gasteiger charge is 2.42. The molecule has 0 spiro atoms. The predicted octanol–water partition coefficient (Wildman–Crippen LogP) is 4.54. The van der Waals surface area contributed by atoms with E-state index >= 15 is 0 Å². The smallest absolute Gasteiger partial charge is 0.193 e. The molecule has 0 bridgehead atoms. The summed E-state index contributed by atoms with van der Waals surface area (Å²) in [6.07, 6.45) is 0.320. The number of halogens is 1. The fourth-order valence-corrected chi connectivity index (χ4v) is 5.07. The van der Waals surface area contributed by atoms with Crippen molar-refractivity contribution in [3.63, 3.8) is 0 Å². The van der Waals surface area contributed by atoms with Crippen LogP contribution >= 0.6 is 22.9 Å². The van der Waals surface area contributed by atoms with Crippen LogP contribution in [-0.2, 0) is 26.3 Å². The van der Waals surface area contributed by atoms with E-state index in [0.717, 1.165) is 16.0 Å². The maximum absolute atomic E-state index is 12.1. The molecule has 7 heteroatoms. The third-order valence-electron chi connectivity index (χ3n) is 4.90. The highest BCUT2D eigenvalue weighted by molar-refractivity contribution is 7.90. The van der Waals surface area contributed by atoms with E-state index in [1.165, 1.54) is 0 Å². The lowest BCUT2D eigenvalue weighted by Crippen LogP contribution is -2.43. The van der Waals surface area contributed by atoms with Gasteiger partial charge in [0.2, 0.25) is 0 Å². The van der Waals surface area contributed by atoms with Gasteiger partial charge in [0.15, 0.2) is 6.29 Å². The van der Waals surface area contributed by atoms with Gasteiger partial charge in [-0.15, -0.1) is 11.3 Å². The topological polar surface area (TPSA) is 67.5 Å². The van der Waals surface area contributed by atoms with Crippen LogP contribution in [0.15, 0.2) is 35.7 Å². The first kappa shape index (κ1) is 20.1. The highest BCUT2D eigenvalue weighted by Crippen LogP contribution is 2.44. The normalized spacial score (nSPS) is 19.5. The Morgan fingerprint density at radius 3 is 2.54 bits per heavy atom. The Kier molecular flexibility index (Phi) is 6.04. The van der Waals surface area contributed by atoms with Crippen LogP contribution in [0.2, 0.25) is 5.02 Å². The third kappa shape index (κ3) is 4.12. The zero-order valence-corrected chi connectivity index (χ0v) is 17.5. The van der Waals surface area contributed by atoms with Gasteiger partial charge < -0.3 is 14.0 Å². The average Bonchev–Trinajstić information content (AvgIpc) is 3.25. The number of rotatable bonds is 6. The fraction of sp³-hybridized carbons (Fsp3) is 0.474. The van der Waals surface area contributed by atoms with E-state index < -0.39 is 21.5 Å². The molecule has 2 aromatic rings. The van der Waals surface area contributed by atoms with Crippen molar-refractivity contribution >= 4 is 34.3 Å². The number of hydrogen-bond donors (Lipinski definition) is 1. The molecule has 142 valence electrons. The Balaban J connectivity index is 2.03. The van der Waals surface area contributed by atoms with Crippen LogP contribution < -0.4 is 5.14 Å². The molecule has 0 radical (unpaired) electrons. The molecule has 0 aliphatic carbocycles. The molecule has 4 nitrogen and oxygen atoms in total.